The minimum atomic E-state index is -1.07. The highest BCUT2D eigenvalue weighted by Crippen LogP contribution is 2.25. The van der Waals surface area contributed by atoms with Crippen LogP contribution in [0.5, 0.6) is 0 Å². The van der Waals surface area contributed by atoms with Crippen molar-refractivity contribution in [3.63, 3.8) is 0 Å². The van der Waals surface area contributed by atoms with E-state index in [1.807, 2.05) is 12.1 Å². The number of aliphatic hydroxyl groups is 1. The Hall–Kier alpha value is -2.54. The Labute approximate surface area is 145 Å². The summed E-state index contributed by atoms with van der Waals surface area (Å²) in [5, 5.41) is 18.4. The van der Waals surface area contributed by atoms with Crippen LogP contribution in [0.2, 0.25) is 0 Å². The summed E-state index contributed by atoms with van der Waals surface area (Å²) in [6.45, 7) is 1.37. The van der Waals surface area contributed by atoms with Crippen LogP contribution in [-0.4, -0.2) is 47.6 Å². The van der Waals surface area contributed by atoms with Crippen LogP contribution in [0.4, 0.5) is 10.2 Å². The molecule has 0 saturated carbocycles. The largest absolute Gasteiger partial charge is 0.467 e. The van der Waals surface area contributed by atoms with Crippen molar-refractivity contribution in [1.82, 2.24) is 10.2 Å². The third-order valence-electron chi connectivity index (χ3n) is 4.54. The van der Waals surface area contributed by atoms with E-state index < -0.39 is 12.1 Å². The average molecular weight is 345 g/mol. The second kappa shape index (κ2) is 7.57. The van der Waals surface area contributed by atoms with Crippen molar-refractivity contribution >= 4 is 11.8 Å². The number of carbonyl (C=O) groups excluding carboxylic acids is 1. The molecule has 0 amide bonds. The number of nitrogens with zero attached hydrogens (tertiary/aromatic N) is 3. The maximum atomic E-state index is 13.0. The molecule has 1 aliphatic rings. The van der Waals surface area contributed by atoms with Gasteiger partial charge in [-0.3, -0.25) is 0 Å². The number of carbonyl (C=O) groups is 1. The first kappa shape index (κ1) is 17.3. The van der Waals surface area contributed by atoms with Crippen LogP contribution >= 0.6 is 0 Å². The van der Waals surface area contributed by atoms with Crippen molar-refractivity contribution < 1.29 is 19.0 Å². The summed E-state index contributed by atoms with van der Waals surface area (Å²) >= 11 is 0. The molecule has 2 heterocycles. The molecule has 1 aliphatic heterocycles. The molecule has 1 aromatic heterocycles. The lowest BCUT2D eigenvalue weighted by atomic mass is 9.91. The number of rotatable bonds is 4. The predicted octanol–water partition coefficient (Wildman–Crippen LogP) is 2.03. The highest BCUT2D eigenvalue weighted by Gasteiger charge is 2.30. The third kappa shape index (κ3) is 3.93. The maximum absolute atomic E-state index is 13.0. The zero-order valence-corrected chi connectivity index (χ0v) is 13.9. The Kier molecular flexibility index (Phi) is 5.23. The van der Waals surface area contributed by atoms with Crippen LogP contribution in [0.3, 0.4) is 0 Å². The standard InChI is InChI=1S/C18H20FN3O3/c1-25-18(24)17(23)13-8-10-22(11-9-13)16-7-6-15(20-21-16)12-2-4-14(19)5-3-12/h2-7,13,17,23H,8-11H2,1H3. The number of hydrogen-bond donors (Lipinski definition) is 1. The van der Waals surface area contributed by atoms with Crippen molar-refractivity contribution in [1.29, 1.82) is 0 Å². The normalized spacial score (nSPS) is 16.5. The minimum Gasteiger partial charge on any atom is -0.467 e. The van der Waals surface area contributed by atoms with Crippen LogP contribution in [0.1, 0.15) is 12.8 Å². The van der Waals surface area contributed by atoms with Crippen molar-refractivity contribution in [3.05, 3.63) is 42.2 Å². The van der Waals surface area contributed by atoms with E-state index in [-0.39, 0.29) is 11.7 Å². The first-order valence-corrected chi connectivity index (χ1v) is 8.19. The van der Waals surface area contributed by atoms with Gasteiger partial charge in [-0.1, -0.05) is 0 Å². The topological polar surface area (TPSA) is 75.6 Å². The molecule has 1 atom stereocenters. The lowest BCUT2D eigenvalue weighted by Crippen LogP contribution is -2.41. The molecule has 0 bridgehead atoms. The fraction of sp³-hybridized carbons (Fsp3) is 0.389. The second-order valence-corrected chi connectivity index (χ2v) is 6.08. The van der Waals surface area contributed by atoms with Gasteiger partial charge in [0.15, 0.2) is 11.9 Å². The summed E-state index contributed by atoms with van der Waals surface area (Å²) in [6, 6.07) is 9.84. The zero-order chi connectivity index (χ0) is 17.8. The number of benzene rings is 1. The summed E-state index contributed by atoms with van der Waals surface area (Å²) < 4.78 is 17.6. The van der Waals surface area contributed by atoms with Crippen LogP contribution in [0.15, 0.2) is 36.4 Å². The van der Waals surface area contributed by atoms with Gasteiger partial charge in [0.25, 0.3) is 0 Å². The highest BCUT2D eigenvalue weighted by atomic mass is 19.1. The molecule has 1 unspecified atom stereocenters. The van der Waals surface area contributed by atoms with Gasteiger partial charge in [0.2, 0.25) is 0 Å². The number of ether oxygens (including phenoxy) is 1. The Bertz CT molecular complexity index is 713. The predicted molar refractivity (Wildman–Crippen MR) is 90.4 cm³/mol. The first-order valence-electron chi connectivity index (χ1n) is 8.19. The quantitative estimate of drug-likeness (QED) is 0.855. The molecular weight excluding hydrogens is 325 g/mol. The van der Waals surface area contributed by atoms with Gasteiger partial charge in [0.05, 0.1) is 12.8 Å². The van der Waals surface area contributed by atoms with E-state index in [1.54, 1.807) is 12.1 Å². The number of halogens is 1. The third-order valence-corrected chi connectivity index (χ3v) is 4.54. The van der Waals surface area contributed by atoms with Crippen molar-refractivity contribution in [2.24, 2.45) is 5.92 Å². The molecule has 1 N–H and O–H groups in total. The Morgan fingerprint density at radius 1 is 1.20 bits per heavy atom. The van der Waals surface area contributed by atoms with E-state index in [9.17, 15) is 14.3 Å². The number of methoxy groups -OCH3 is 1. The van der Waals surface area contributed by atoms with E-state index in [2.05, 4.69) is 19.8 Å². The number of aromatic nitrogens is 2. The van der Waals surface area contributed by atoms with E-state index in [0.717, 1.165) is 11.4 Å². The molecule has 25 heavy (non-hydrogen) atoms. The molecule has 1 aromatic carbocycles. The number of hydrogen-bond acceptors (Lipinski definition) is 6. The second-order valence-electron chi connectivity index (χ2n) is 6.08. The smallest absolute Gasteiger partial charge is 0.334 e. The molecule has 3 rings (SSSR count). The SMILES string of the molecule is COC(=O)C(O)C1CCN(c2ccc(-c3ccc(F)cc3)nn2)CC1. The van der Waals surface area contributed by atoms with E-state index in [0.29, 0.717) is 31.6 Å². The van der Waals surface area contributed by atoms with Gasteiger partial charge in [0, 0.05) is 18.7 Å². The number of esters is 1. The van der Waals surface area contributed by atoms with Gasteiger partial charge in [-0.15, -0.1) is 10.2 Å². The van der Waals surface area contributed by atoms with E-state index in [1.165, 1.54) is 19.2 Å². The molecule has 0 aliphatic carbocycles. The van der Waals surface area contributed by atoms with E-state index >= 15 is 0 Å². The minimum absolute atomic E-state index is 0.102. The van der Waals surface area contributed by atoms with Gasteiger partial charge < -0.3 is 14.7 Å². The average Bonchev–Trinajstić information content (AvgIpc) is 2.67. The van der Waals surface area contributed by atoms with Gasteiger partial charge in [-0.2, -0.15) is 0 Å². The Morgan fingerprint density at radius 3 is 2.44 bits per heavy atom. The fourth-order valence-electron chi connectivity index (χ4n) is 3.03. The van der Waals surface area contributed by atoms with Gasteiger partial charge >= 0.3 is 5.97 Å². The summed E-state index contributed by atoms with van der Waals surface area (Å²) in [4.78, 5) is 13.5. The zero-order valence-electron chi connectivity index (χ0n) is 13.9. The summed E-state index contributed by atoms with van der Waals surface area (Å²) in [5.41, 5.74) is 1.49. The summed E-state index contributed by atoms with van der Waals surface area (Å²) in [5.74, 6) is -0.223. The molecule has 1 saturated heterocycles. The Balaban J connectivity index is 1.62. The van der Waals surface area contributed by atoms with Gasteiger partial charge in [-0.25, -0.2) is 9.18 Å². The molecule has 0 radical (unpaired) electrons. The first-order chi connectivity index (χ1) is 12.1. The Morgan fingerprint density at radius 2 is 1.88 bits per heavy atom. The van der Waals surface area contributed by atoms with Gasteiger partial charge in [-0.05, 0) is 55.2 Å². The van der Waals surface area contributed by atoms with Crippen LogP contribution < -0.4 is 4.90 Å². The molecular formula is C18H20FN3O3. The number of piperidine rings is 1. The number of anilines is 1. The summed E-state index contributed by atoms with van der Waals surface area (Å²) in [6.07, 6.45) is 0.286. The lowest BCUT2D eigenvalue weighted by molar-refractivity contribution is -0.153. The molecule has 132 valence electrons. The molecule has 1 fully saturated rings. The summed E-state index contributed by atoms with van der Waals surface area (Å²) in [7, 11) is 1.28. The van der Waals surface area contributed by atoms with Crippen molar-refractivity contribution in [2.75, 3.05) is 25.1 Å². The molecule has 6 nitrogen and oxygen atoms in total. The maximum Gasteiger partial charge on any atom is 0.334 e. The van der Waals surface area contributed by atoms with Gasteiger partial charge in [0.1, 0.15) is 5.82 Å². The van der Waals surface area contributed by atoms with Crippen molar-refractivity contribution in [3.8, 4) is 11.3 Å². The lowest BCUT2D eigenvalue weighted by Gasteiger charge is -2.33. The molecule has 2 aromatic rings. The fourth-order valence-corrected chi connectivity index (χ4v) is 3.03. The van der Waals surface area contributed by atoms with Crippen LogP contribution in [0, 0.1) is 11.7 Å². The monoisotopic (exact) mass is 345 g/mol. The highest BCUT2D eigenvalue weighted by molar-refractivity contribution is 5.74. The van der Waals surface area contributed by atoms with Crippen LogP contribution in [0.25, 0.3) is 11.3 Å². The molecule has 7 heteroatoms. The molecule has 0 spiro atoms. The van der Waals surface area contributed by atoms with E-state index in [4.69, 9.17) is 0 Å². The van der Waals surface area contributed by atoms with Crippen LogP contribution in [-0.2, 0) is 9.53 Å². The van der Waals surface area contributed by atoms with Crippen molar-refractivity contribution in [2.45, 2.75) is 18.9 Å². The number of aliphatic hydroxyl groups excluding tert-OH is 1.